The van der Waals surface area contributed by atoms with Crippen molar-refractivity contribution in [3.05, 3.63) is 51.3 Å². The SMILES string of the molecule is Cc1cc(CC(C)N)nc(-c2cc([N+](=O)[O-])ccc2C)n1. The lowest BCUT2D eigenvalue weighted by Crippen LogP contribution is -2.19. The van der Waals surface area contributed by atoms with Gasteiger partial charge in [0.15, 0.2) is 5.82 Å². The van der Waals surface area contributed by atoms with Crippen molar-refractivity contribution >= 4 is 5.69 Å². The monoisotopic (exact) mass is 286 g/mol. The summed E-state index contributed by atoms with van der Waals surface area (Å²) in [5.41, 5.74) is 9.09. The van der Waals surface area contributed by atoms with E-state index in [0.29, 0.717) is 17.8 Å². The summed E-state index contributed by atoms with van der Waals surface area (Å²) in [6.45, 7) is 5.67. The zero-order valence-corrected chi connectivity index (χ0v) is 12.3. The quantitative estimate of drug-likeness (QED) is 0.688. The number of nitro benzene ring substituents is 1. The number of nitrogens with two attached hydrogens (primary N) is 1. The molecule has 0 bridgehead atoms. The summed E-state index contributed by atoms with van der Waals surface area (Å²) >= 11 is 0. The van der Waals surface area contributed by atoms with Crippen LogP contribution in [0.15, 0.2) is 24.3 Å². The van der Waals surface area contributed by atoms with E-state index in [4.69, 9.17) is 5.73 Å². The molecule has 0 radical (unpaired) electrons. The number of hydrogen-bond donors (Lipinski definition) is 1. The Balaban J connectivity index is 2.53. The summed E-state index contributed by atoms with van der Waals surface area (Å²) in [6, 6.07) is 6.60. The second kappa shape index (κ2) is 5.97. The number of benzene rings is 1. The number of non-ortho nitro benzene ring substituents is 1. The van der Waals surface area contributed by atoms with Gasteiger partial charge in [-0.15, -0.1) is 0 Å². The number of hydrogen-bond acceptors (Lipinski definition) is 5. The van der Waals surface area contributed by atoms with Gasteiger partial charge in [-0.3, -0.25) is 10.1 Å². The van der Waals surface area contributed by atoms with Crippen LogP contribution in [0.25, 0.3) is 11.4 Å². The average molecular weight is 286 g/mol. The lowest BCUT2D eigenvalue weighted by molar-refractivity contribution is -0.384. The standard InChI is InChI=1S/C15H18N4O2/c1-9-4-5-13(19(20)21)8-14(9)15-17-11(3)7-12(18-15)6-10(2)16/h4-5,7-8,10H,6,16H2,1-3H3. The fourth-order valence-corrected chi connectivity index (χ4v) is 2.15. The van der Waals surface area contributed by atoms with E-state index >= 15 is 0 Å². The second-order valence-corrected chi connectivity index (χ2v) is 5.26. The zero-order chi connectivity index (χ0) is 15.6. The van der Waals surface area contributed by atoms with Gasteiger partial charge in [-0.2, -0.15) is 0 Å². The van der Waals surface area contributed by atoms with Gasteiger partial charge in [-0.1, -0.05) is 6.07 Å². The summed E-state index contributed by atoms with van der Waals surface area (Å²) in [6.07, 6.45) is 0.643. The Labute approximate surface area is 123 Å². The van der Waals surface area contributed by atoms with Crippen molar-refractivity contribution in [2.45, 2.75) is 33.2 Å². The normalized spacial score (nSPS) is 12.2. The largest absolute Gasteiger partial charge is 0.328 e. The van der Waals surface area contributed by atoms with E-state index in [9.17, 15) is 10.1 Å². The maximum Gasteiger partial charge on any atom is 0.270 e. The lowest BCUT2D eigenvalue weighted by atomic mass is 10.1. The van der Waals surface area contributed by atoms with Gasteiger partial charge in [0, 0.05) is 41.5 Å². The fraction of sp³-hybridized carbons (Fsp3) is 0.333. The fourth-order valence-electron chi connectivity index (χ4n) is 2.15. The third-order valence-corrected chi connectivity index (χ3v) is 3.11. The number of aryl methyl sites for hydroxylation is 2. The molecule has 6 nitrogen and oxygen atoms in total. The van der Waals surface area contributed by atoms with Gasteiger partial charge in [0.1, 0.15) is 0 Å². The predicted octanol–water partition coefficient (Wildman–Crippen LogP) is 2.56. The molecule has 2 rings (SSSR count). The average Bonchev–Trinajstić information content (AvgIpc) is 2.37. The predicted molar refractivity (Wildman–Crippen MR) is 80.9 cm³/mol. The van der Waals surface area contributed by atoms with E-state index in [1.165, 1.54) is 12.1 Å². The molecule has 0 aliphatic carbocycles. The topological polar surface area (TPSA) is 94.9 Å². The van der Waals surface area contributed by atoms with E-state index < -0.39 is 4.92 Å². The van der Waals surface area contributed by atoms with Crippen LogP contribution < -0.4 is 5.73 Å². The van der Waals surface area contributed by atoms with Crippen LogP contribution in [0.5, 0.6) is 0 Å². The maximum atomic E-state index is 10.9. The highest BCUT2D eigenvalue weighted by Crippen LogP contribution is 2.25. The Bertz CT molecular complexity index is 683. The molecule has 0 fully saturated rings. The van der Waals surface area contributed by atoms with Gasteiger partial charge in [-0.25, -0.2) is 9.97 Å². The molecule has 0 aliphatic rings. The first-order chi connectivity index (χ1) is 9.86. The molecule has 0 aliphatic heterocycles. The Kier molecular flexibility index (Phi) is 4.28. The van der Waals surface area contributed by atoms with Crippen LogP contribution in [0.3, 0.4) is 0 Å². The molecule has 6 heteroatoms. The smallest absolute Gasteiger partial charge is 0.270 e. The van der Waals surface area contributed by atoms with Crippen LogP contribution >= 0.6 is 0 Å². The molecule has 1 atom stereocenters. The first kappa shape index (κ1) is 15.1. The molecule has 1 heterocycles. The van der Waals surface area contributed by atoms with Crippen LogP contribution in [0, 0.1) is 24.0 Å². The molecule has 1 unspecified atom stereocenters. The number of nitrogens with zero attached hydrogens (tertiary/aromatic N) is 3. The first-order valence-electron chi connectivity index (χ1n) is 6.72. The minimum atomic E-state index is -0.415. The van der Waals surface area contributed by atoms with Crippen molar-refractivity contribution in [3.8, 4) is 11.4 Å². The van der Waals surface area contributed by atoms with Crippen LogP contribution in [0.4, 0.5) is 5.69 Å². The van der Waals surface area contributed by atoms with Crippen LogP contribution in [0.2, 0.25) is 0 Å². The third kappa shape index (κ3) is 3.61. The van der Waals surface area contributed by atoms with E-state index in [2.05, 4.69) is 9.97 Å². The molecule has 1 aromatic carbocycles. The van der Waals surface area contributed by atoms with Crippen LogP contribution in [-0.2, 0) is 6.42 Å². The molecular weight excluding hydrogens is 268 g/mol. The maximum absolute atomic E-state index is 10.9. The summed E-state index contributed by atoms with van der Waals surface area (Å²) in [5, 5.41) is 10.9. The summed E-state index contributed by atoms with van der Waals surface area (Å²) < 4.78 is 0. The molecule has 1 aromatic heterocycles. The highest BCUT2D eigenvalue weighted by atomic mass is 16.6. The number of aromatic nitrogens is 2. The van der Waals surface area contributed by atoms with Crippen molar-refractivity contribution in [2.24, 2.45) is 5.73 Å². The van der Waals surface area contributed by atoms with Gasteiger partial charge >= 0.3 is 0 Å². The highest BCUT2D eigenvalue weighted by Gasteiger charge is 2.13. The minimum absolute atomic E-state index is 0.00152. The molecular formula is C15H18N4O2. The highest BCUT2D eigenvalue weighted by molar-refractivity contribution is 5.63. The van der Waals surface area contributed by atoms with Crippen molar-refractivity contribution in [1.29, 1.82) is 0 Å². The van der Waals surface area contributed by atoms with Gasteiger partial charge < -0.3 is 5.73 Å². The van der Waals surface area contributed by atoms with Crippen LogP contribution in [-0.4, -0.2) is 20.9 Å². The number of nitro groups is 1. The lowest BCUT2D eigenvalue weighted by Gasteiger charge is -2.09. The number of rotatable bonds is 4. The third-order valence-electron chi connectivity index (χ3n) is 3.11. The van der Waals surface area contributed by atoms with Gasteiger partial charge in [0.05, 0.1) is 4.92 Å². The van der Waals surface area contributed by atoms with Crippen molar-refractivity contribution in [1.82, 2.24) is 9.97 Å². The van der Waals surface area contributed by atoms with Gasteiger partial charge in [0.2, 0.25) is 0 Å². The van der Waals surface area contributed by atoms with E-state index in [0.717, 1.165) is 17.0 Å². The second-order valence-electron chi connectivity index (χ2n) is 5.26. The molecule has 0 saturated carbocycles. The first-order valence-corrected chi connectivity index (χ1v) is 6.72. The Hall–Kier alpha value is -2.34. The molecule has 2 N–H and O–H groups in total. The summed E-state index contributed by atoms with van der Waals surface area (Å²) in [4.78, 5) is 19.4. The Morgan fingerprint density at radius 1 is 1.29 bits per heavy atom. The van der Waals surface area contributed by atoms with Crippen LogP contribution in [0.1, 0.15) is 23.9 Å². The molecule has 0 amide bonds. The van der Waals surface area contributed by atoms with Crippen molar-refractivity contribution in [2.75, 3.05) is 0 Å². The Morgan fingerprint density at radius 3 is 2.62 bits per heavy atom. The van der Waals surface area contributed by atoms with Crippen molar-refractivity contribution in [3.63, 3.8) is 0 Å². The molecule has 110 valence electrons. The molecule has 0 spiro atoms. The van der Waals surface area contributed by atoms with E-state index in [-0.39, 0.29) is 11.7 Å². The van der Waals surface area contributed by atoms with Gasteiger partial charge in [0.25, 0.3) is 5.69 Å². The summed E-state index contributed by atoms with van der Waals surface area (Å²) in [5.74, 6) is 0.506. The molecule has 0 saturated heterocycles. The van der Waals surface area contributed by atoms with E-state index in [1.807, 2.05) is 26.8 Å². The summed E-state index contributed by atoms with van der Waals surface area (Å²) in [7, 11) is 0. The van der Waals surface area contributed by atoms with E-state index in [1.54, 1.807) is 6.07 Å². The molecule has 2 aromatic rings. The van der Waals surface area contributed by atoms with Crippen molar-refractivity contribution < 1.29 is 4.92 Å². The zero-order valence-electron chi connectivity index (χ0n) is 12.3. The Morgan fingerprint density at radius 2 is 2.00 bits per heavy atom. The minimum Gasteiger partial charge on any atom is -0.328 e. The van der Waals surface area contributed by atoms with Gasteiger partial charge in [-0.05, 0) is 32.4 Å². The molecule has 21 heavy (non-hydrogen) atoms.